The number of aromatic nitrogens is 6. The Balaban J connectivity index is 1.19. The highest BCUT2D eigenvalue weighted by Crippen LogP contribution is 2.40. The number of rotatable bonds is 4. The van der Waals surface area contributed by atoms with Gasteiger partial charge in [0.1, 0.15) is 5.65 Å². The van der Waals surface area contributed by atoms with Crippen LogP contribution in [0.15, 0.2) is 204 Å². The van der Waals surface area contributed by atoms with Crippen molar-refractivity contribution in [2.45, 2.75) is 0 Å². The number of para-hydroxylation sites is 4. The molecule has 0 spiro atoms. The van der Waals surface area contributed by atoms with E-state index in [4.69, 9.17) is 4.98 Å². The number of fused-ring (bicyclic) bond motifs is 12. The summed E-state index contributed by atoms with van der Waals surface area (Å²) in [7, 11) is 0. The van der Waals surface area contributed by atoms with E-state index in [0.717, 1.165) is 82.6 Å². The molecule has 6 aromatic heterocycles. The lowest BCUT2D eigenvalue weighted by atomic mass is 10.0. The normalized spacial score (nSPS) is 12.0. The zero-order valence-electron chi connectivity index (χ0n) is 33.0. The van der Waals surface area contributed by atoms with Crippen LogP contribution in [0.3, 0.4) is 0 Å². The van der Waals surface area contributed by atoms with E-state index in [0.29, 0.717) is 27.2 Å². The van der Waals surface area contributed by atoms with E-state index >= 15 is 9.59 Å². The van der Waals surface area contributed by atoms with E-state index in [1.807, 2.05) is 103 Å². The van der Waals surface area contributed by atoms with E-state index in [-0.39, 0.29) is 0 Å². The Hall–Kier alpha value is -8.62. The number of benzene rings is 7. The first-order chi connectivity index (χ1) is 30.6. The van der Waals surface area contributed by atoms with Crippen molar-refractivity contribution in [1.82, 2.24) is 28.2 Å². The van der Waals surface area contributed by atoms with Crippen LogP contribution in [0.1, 0.15) is 0 Å². The van der Waals surface area contributed by atoms with Crippen molar-refractivity contribution in [3.63, 3.8) is 0 Å². The smallest absolute Gasteiger partial charge is 0.266 e. The van der Waals surface area contributed by atoms with Gasteiger partial charge in [-0.05, 0) is 114 Å². The van der Waals surface area contributed by atoms with Gasteiger partial charge in [-0.25, -0.2) is 9.55 Å². The molecule has 6 heterocycles. The molecule has 0 radical (unpaired) electrons. The highest BCUT2D eigenvalue weighted by molar-refractivity contribution is 6.21. The molecule has 0 saturated heterocycles. The van der Waals surface area contributed by atoms with Crippen LogP contribution in [-0.4, -0.2) is 28.2 Å². The SMILES string of the molecule is O=c1c2cc3c(cc2c2cc4c(cc2c(=O)n1-c1ccccc1)c1cnccc1n4-c1ccc2c(c1)c1ccccc1n2-c1ccccc1)c1cccnc1n3-c1ccccc1. The molecule has 8 heteroatoms. The predicted molar refractivity (Wildman–Crippen MR) is 252 cm³/mol. The summed E-state index contributed by atoms with van der Waals surface area (Å²) in [6, 6.07) is 59.0. The molecular formula is C54H32N6O2. The molecule has 62 heavy (non-hydrogen) atoms. The lowest BCUT2D eigenvalue weighted by Crippen LogP contribution is -2.28. The molecule has 0 bridgehead atoms. The van der Waals surface area contributed by atoms with E-state index in [9.17, 15) is 0 Å². The molecule has 0 unspecified atom stereocenters. The molecular weight excluding hydrogens is 765 g/mol. The van der Waals surface area contributed by atoms with Gasteiger partial charge < -0.3 is 9.13 Å². The Bertz CT molecular complexity index is 4130. The Kier molecular flexibility index (Phi) is 7.15. The maximum atomic E-state index is 15.2. The highest BCUT2D eigenvalue weighted by Gasteiger charge is 2.22. The van der Waals surface area contributed by atoms with Crippen LogP contribution < -0.4 is 11.1 Å². The molecule has 0 aliphatic carbocycles. The molecule has 8 nitrogen and oxygen atoms in total. The predicted octanol–water partition coefficient (Wildman–Crippen LogP) is 11.6. The summed E-state index contributed by atoms with van der Waals surface area (Å²) < 4.78 is 7.99. The van der Waals surface area contributed by atoms with Crippen LogP contribution in [0.25, 0.3) is 110 Å². The van der Waals surface area contributed by atoms with E-state index in [2.05, 4.69) is 104 Å². The van der Waals surface area contributed by atoms with Crippen molar-refractivity contribution in [2.24, 2.45) is 0 Å². The Morgan fingerprint density at radius 2 is 0.823 bits per heavy atom. The molecule has 0 amide bonds. The first kappa shape index (κ1) is 34.3. The van der Waals surface area contributed by atoms with Crippen molar-refractivity contribution in [3.05, 3.63) is 215 Å². The summed E-state index contributed by atoms with van der Waals surface area (Å²) in [6.07, 6.45) is 5.47. The quantitative estimate of drug-likeness (QED) is 0.178. The first-order valence-corrected chi connectivity index (χ1v) is 20.6. The van der Waals surface area contributed by atoms with Crippen LogP contribution in [0.4, 0.5) is 0 Å². The highest BCUT2D eigenvalue weighted by atomic mass is 16.2. The third-order valence-electron chi connectivity index (χ3n) is 12.5. The van der Waals surface area contributed by atoms with Gasteiger partial charge in [0.25, 0.3) is 11.1 Å². The summed E-state index contributed by atoms with van der Waals surface area (Å²) in [5.74, 6) is 0. The minimum Gasteiger partial charge on any atom is -0.309 e. The van der Waals surface area contributed by atoms with Gasteiger partial charge in [0, 0.05) is 73.4 Å². The fourth-order valence-electron chi connectivity index (χ4n) is 9.81. The largest absolute Gasteiger partial charge is 0.309 e. The van der Waals surface area contributed by atoms with Crippen LogP contribution in [0.2, 0.25) is 0 Å². The van der Waals surface area contributed by atoms with Crippen molar-refractivity contribution < 1.29 is 0 Å². The van der Waals surface area contributed by atoms with Crippen molar-refractivity contribution in [3.8, 4) is 22.7 Å². The molecule has 7 aromatic carbocycles. The molecule has 13 rings (SSSR count). The summed E-state index contributed by atoms with van der Waals surface area (Å²) >= 11 is 0. The molecule has 0 saturated carbocycles. The number of hydrogen-bond acceptors (Lipinski definition) is 4. The van der Waals surface area contributed by atoms with Crippen molar-refractivity contribution in [1.29, 1.82) is 0 Å². The summed E-state index contributed by atoms with van der Waals surface area (Å²) in [5.41, 5.74) is 8.38. The number of pyridine rings is 2. The fraction of sp³-hybridized carbons (Fsp3) is 0. The minimum atomic E-state index is -0.397. The fourth-order valence-corrected chi connectivity index (χ4v) is 9.81. The lowest BCUT2D eigenvalue weighted by molar-refractivity contribution is 0.976. The maximum absolute atomic E-state index is 15.2. The minimum absolute atomic E-state index is 0.392. The molecule has 13 aromatic rings. The summed E-state index contributed by atoms with van der Waals surface area (Å²) in [5, 5.41) is 8.12. The van der Waals surface area contributed by atoms with Crippen molar-refractivity contribution >= 4 is 87.1 Å². The molecule has 290 valence electrons. The molecule has 0 atom stereocenters. The van der Waals surface area contributed by atoms with Gasteiger partial charge in [0.2, 0.25) is 0 Å². The second-order valence-electron chi connectivity index (χ2n) is 15.8. The maximum Gasteiger partial charge on any atom is 0.266 e. The third-order valence-corrected chi connectivity index (χ3v) is 12.5. The zero-order valence-corrected chi connectivity index (χ0v) is 33.0. The Labute approximate surface area is 352 Å². The van der Waals surface area contributed by atoms with Crippen molar-refractivity contribution in [2.75, 3.05) is 0 Å². The van der Waals surface area contributed by atoms with Crippen LogP contribution in [0.5, 0.6) is 0 Å². The Morgan fingerprint density at radius 3 is 1.58 bits per heavy atom. The number of nitrogens with zero attached hydrogens (tertiary/aromatic N) is 6. The Morgan fingerprint density at radius 1 is 0.306 bits per heavy atom. The van der Waals surface area contributed by atoms with Crippen LogP contribution >= 0.6 is 0 Å². The topological polar surface area (TPSA) is 79.6 Å². The summed E-state index contributed by atoms with van der Waals surface area (Å²) in [6.45, 7) is 0. The zero-order chi connectivity index (χ0) is 41.1. The van der Waals surface area contributed by atoms with E-state index < -0.39 is 11.1 Å². The average Bonchev–Trinajstić information content (AvgIpc) is 3.94. The van der Waals surface area contributed by atoms with Gasteiger partial charge in [-0.1, -0.05) is 72.8 Å². The molecule has 0 N–H and O–H groups in total. The standard InChI is InChI=1S/C54H32N6O2/c61-53-44-29-43-46-32-55-26-24-49(46)58(36-22-23-48-41(27-36)37-19-10-11-21-47(37)57(48)33-13-4-1-5-14-33)50(43)30-40(44)39-28-42-38-20-12-25-56-52(38)59(34-15-6-2-7-16-34)51(42)31-45(39)54(62)60(53)35-17-8-3-9-18-35/h1-32H. The third kappa shape index (κ3) is 4.77. The molecule has 0 aliphatic rings. The van der Waals surface area contributed by atoms with Crippen LogP contribution in [0, 0.1) is 0 Å². The van der Waals surface area contributed by atoms with Gasteiger partial charge in [-0.3, -0.25) is 19.1 Å². The van der Waals surface area contributed by atoms with Crippen LogP contribution in [-0.2, 0) is 0 Å². The second-order valence-corrected chi connectivity index (χ2v) is 15.8. The van der Waals surface area contributed by atoms with Gasteiger partial charge in [-0.2, -0.15) is 0 Å². The van der Waals surface area contributed by atoms with Gasteiger partial charge in [-0.15, -0.1) is 0 Å². The number of hydrogen-bond donors (Lipinski definition) is 0. The lowest BCUT2D eigenvalue weighted by Gasteiger charge is -2.10. The monoisotopic (exact) mass is 796 g/mol. The average molecular weight is 797 g/mol. The second kappa shape index (κ2) is 12.9. The van der Waals surface area contributed by atoms with E-state index in [1.54, 1.807) is 6.20 Å². The summed E-state index contributed by atoms with van der Waals surface area (Å²) in [4.78, 5) is 39.7. The first-order valence-electron chi connectivity index (χ1n) is 20.6. The van der Waals surface area contributed by atoms with E-state index in [1.165, 1.54) is 4.57 Å². The van der Waals surface area contributed by atoms with Gasteiger partial charge in [0.15, 0.2) is 0 Å². The van der Waals surface area contributed by atoms with Gasteiger partial charge >= 0.3 is 0 Å². The molecule has 0 fully saturated rings. The van der Waals surface area contributed by atoms with Gasteiger partial charge in [0.05, 0.1) is 38.7 Å². The molecule has 0 aliphatic heterocycles.